The molecule has 1 rings (SSSR count). The van der Waals surface area contributed by atoms with E-state index in [9.17, 15) is 29.1 Å². The number of nitrogens with zero attached hydrogens (tertiary/aromatic N) is 4. The van der Waals surface area contributed by atoms with Crippen molar-refractivity contribution in [1.29, 1.82) is 0 Å². The number of urea groups is 1. The number of carbonyl (C=O) groups excluding carboxylic acids is 2. The molecule has 0 aliphatic carbocycles. The monoisotopic (exact) mass is 478 g/mol. The first-order valence-corrected chi connectivity index (χ1v) is 10.2. The van der Waals surface area contributed by atoms with Gasteiger partial charge in [0.25, 0.3) is 0 Å². The zero-order chi connectivity index (χ0) is 25.7. The number of carboxylic acid groups (broad SMARTS) is 3. The van der Waals surface area contributed by atoms with E-state index in [2.05, 4.69) is 20.7 Å². The molecule has 0 aliphatic heterocycles. The van der Waals surface area contributed by atoms with E-state index in [4.69, 9.17) is 15.7 Å². The lowest BCUT2D eigenvalue weighted by molar-refractivity contribution is -0.142. The molecular weight excluding hydrogens is 452 g/mol. The third-order valence-electron chi connectivity index (χ3n) is 4.71. The van der Waals surface area contributed by atoms with Crippen LogP contribution in [-0.2, 0) is 25.6 Å². The number of azide groups is 1. The van der Waals surface area contributed by atoms with Gasteiger partial charge in [-0.3, -0.25) is 9.59 Å². The molecule has 1 aromatic carbocycles. The van der Waals surface area contributed by atoms with Gasteiger partial charge in [-0.25, -0.2) is 14.4 Å². The minimum Gasteiger partial charge on any atom is -0.481 e. The van der Waals surface area contributed by atoms with Crippen molar-refractivity contribution in [2.45, 2.75) is 44.2 Å². The van der Waals surface area contributed by atoms with Crippen LogP contribution < -0.4 is 10.6 Å². The first-order chi connectivity index (χ1) is 16.0. The number of aliphatic carboxylic acids is 3. The number of carboxylic acids is 3. The van der Waals surface area contributed by atoms with E-state index in [0.717, 1.165) is 4.90 Å². The van der Waals surface area contributed by atoms with E-state index < -0.39 is 42.4 Å². The summed E-state index contributed by atoms with van der Waals surface area (Å²) in [6.45, 7) is 0.202. The number of hydrogen-bond donors (Lipinski definition) is 5. The molecular formula is C20H26N6O8. The summed E-state index contributed by atoms with van der Waals surface area (Å²) in [6, 6.07) is 2.46. The molecule has 0 aromatic heterocycles. The number of rotatable bonds is 14. The Morgan fingerprint density at radius 3 is 2.24 bits per heavy atom. The van der Waals surface area contributed by atoms with Crippen LogP contribution in [0.3, 0.4) is 0 Å². The van der Waals surface area contributed by atoms with Crippen molar-refractivity contribution in [3.8, 4) is 0 Å². The molecule has 3 amide bonds. The van der Waals surface area contributed by atoms with Crippen molar-refractivity contribution in [3.05, 3.63) is 40.3 Å². The standard InChI is InChI=1S/C20H26N6O8/c1-26(20(34)24-14(18(30)31)8-9-17(28)29)15(19(32)33)11-12-4-6-13(7-5-12)23-16(27)3-2-10-22-25-21/h4-7,14-15H,2-3,8-11H2,1H3,(H,23,27)(H,24,34)(H,28,29)(H,30,31)(H,32,33). The smallest absolute Gasteiger partial charge is 0.326 e. The topological polar surface area (TPSA) is 222 Å². The van der Waals surface area contributed by atoms with Crippen molar-refractivity contribution in [3.63, 3.8) is 0 Å². The number of hydrogen-bond acceptors (Lipinski definition) is 6. The maximum Gasteiger partial charge on any atom is 0.326 e. The fourth-order valence-electron chi connectivity index (χ4n) is 2.83. The van der Waals surface area contributed by atoms with Crippen LogP contribution in [0.15, 0.2) is 29.4 Å². The Morgan fingerprint density at radius 2 is 1.71 bits per heavy atom. The van der Waals surface area contributed by atoms with Crippen molar-refractivity contribution in [1.82, 2.24) is 10.2 Å². The van der Waals surface area contributed by atoms with Gasteiger partial charge in [-0.05, 0) is 36.1 Å². The summed E-state index contributed by atoms with van der Waals surface area (Å²) in [5.74, 6) is -4.28. The molecule has 34 heavy (non-hydrogen) atoms. The Labute approximate surface area is 194 Å². The molecule has 0 bridgehead atoms. The molecule has 5 N–H and O–H groups in total. The summed E-state index contributed by atoms with van der Waals surface area (Å²) in [6.07, 6.45) is -0.402. The van der Waals surface area contributed by atoms with Crippen LogP contribution in [0.4, 0.5) is 10.5 Å². The maximum absolute atomic E-state index is 12.4. The predicted octanol–water partition coefficient (Wildman–Crippen LogP) is 1.67. The van der Waals surface area contributed by atoms with Crippen LogP contribution in [0.1, 0.15) is 31.2 Å². The highest BCUT2D eigenvalue weighted by atomic mass is 16.4. The number of amides is 3. The number of likely N-dealkylation sites (N-methyl/N-ethyl adjacent to an activating group) is 1. The minimum absolute atomic E-state index is 0.105. The third-order valence-corrected chi connectivity index (χ3v) is 4.71. The molecule has 2 unspecified atom stereocenters. The molecule has 184 valence electrons. The first-order valence-electron chi connectivity index (χ1n) is 10.2. The van der Waals surface area contributed by atoms with Crippen molar-refractivity contribution < 1.29 is 39.3 Å². The average molecular weight is 478 g/mol. The fourth-order valence-corrected chi connectivity index (χ4v) is 2.83. The molecule has 0 fully saturated rings. The van der Waals surface area contributed by atoms with Gasteiger partial charge >= 0.3 is 23.9 Å². The van der Waals surface area contributed by atoms with Crippen LogP contribution in [-0.4, -0.2) is 75.7 Å². The Morgan fingerprint density at radius 1 is 1.06 bits per heavy atom. The van der Waals surface area contributed by atoms with Crippen molar-refractivity contribution >= 4 is 35.5 Å². The van der Waals surface area contributed by atoms with Crippen LogP contribution in [0, 0.1) is 0 Å². The van der Waals surface area contributed by atoms with Crippen LogP contribution in [0.5, 0.6) is 0 Å². The van der Waals surface area contributed by atoms with Gasteiger partial charge in [0.05, 0.1) is 0 Å². The molecule has 0 radical (unpaired) electrons. The Hall–Kier alpha value is -4.32. The number of nitrogens with one attached hydrogen (secondary N) is 2. The summed E-state index contributed by atoms with van der Waals surface area (Å²) in [5.41, 5.74) is 9.21. The summed E-state index contributed by atoms with van der Waals surface area (Å²) in [4.78, 5) is 61.4. The largest absolute Gasteiger partial charge is 0.481 e. The lowest BCUT2D eigenvalue weighted by Crippen LogP contribution is -2.52. The Bertz CT molecular complexity index is 945. The summed E-state index contributed by atoms with van der Waals surface area (Å²) >= 11 is 0. The second kappa shape index (κ2) is 14.0. The molecule has 1 aromatic rings. The normalized spacial score (nSPS) is 11.9. The highest BCUT2D eigenvalue weighted by Crippen LogP contribution is 2.14. The summed E-state index contributed by atoms with van der Waals surface area (Å²) < 4.78 is 0. The van der Waals surface area contributed by atoms with Gasteiger partial charge in [-0.2, -0.15) is 0 Å². The zero-order valence-corrected chi connectivity index (χ0v) is 18.4. The highest BCUT2D eigenvalue weighted by molar-refractivity contribution is 5.90. The van der Waals surface area contributed by atoms with Gasteiger partial charge in [0.15, 0.2) is 0 Å². The fraction of sp³-hybridized carbons (Fsp3) is 0.450. The number of carbonyl (C=O) groups is 5. The molecule has 0 saturated carbocycles. The lowest BCUT2D eigenvalue weighted by atomic mass is 10.0. The molecule has 0 spiro atoms. The van der Waals surface area contributed by atoms with Gasteiger partial charge < -0.3 is 30.9 Å². The van der Waals surface area contributed by atoms with Gasteiger partial charge in [0.2, 0.25) is 5.91 Å². The van der Waals surface area contributed by atoms with Crippen LogP contribution in [0.2, 0.25) is 0 Å². The lowest BCUT2D eigenvalue weighted by Gasteiger charge is -2.27. The zero-order valence-electron chi connectivity index (χ0n) is 18.4. The quantitative estimate of drug-likeness (QED) is 0.114. The predicted molar refractivity (Wildman–Crippen MR) is 118 cm³/mol. The second-order valence-electron chi connectivity index (χ2n) is 7.24. The van der Waals surface area contributed by atoms with E-state index in [1.54, 1.807) is 24.3 Å². The van der Waals surface area contributed by atoms with Gasteiger partial charge in [0.1, 0.15) is 12.1 Å². The minimum atomic E-state index is -1.49. The third kappa shape index (κ3) is 9.87. The molecule has 14 nitrogen and oxygen atoms in total. The summed E-state index contributed by atoms with van der Waals surface area (Å²) in [5, 5.41) is 35.6. The van der Waals surface area contributed by atoms with Crippen molar-refractivity contribution in [2.75, 3.05) is 18.9 Å². The second-order valence-corrected chi connectivity index (χ2v) is 7.24. The Kier molecular flexibility index (Phi) is 11.4. The molecule has 0 saturated heterocycles. The molecule has 0 aliphatic rings. The molecule has 0 heterocycles. The van der Waals surface area contributed by atoms with Crippen LogP contribution in [0.25, 0.3) is 10.4 Å². The number of benzene rings is 1. The first kappa shape index (κ1) is 27.7. The van der Waals surface area contributed by atoms with E-state index in [1.807, 2.05) is 0 Å². The van der Waals surface area contributed by atoms with E-state index in [1.165, 1.54) is 7.05 Å². The van der Waals surface area contributed by atoms with Crippen LogP contribution >= 0.6 is 0 Å². The molecule has 14 heteroatoms. The van der Waals surface area contributed by atoms with Crippen molar-refractivity contribution in [2.24, 2.45) is 5.11 Å². The van der Waals surface area contributed by atoms with E-state index >= 15 is 0 Å². The highest BCUT2D eigenvalue weighted by Gasteiger charge is 2.30. The Balaban J connectivity index is 2.76. The van der Waals surface area contributed by atoms with Gasteiger partial charge in [0, 0.05) is 43.5 Å². The number of anilines is 1. The molecule has 2 atom stereocenters. The van der Waals surface area contributed by atoms with E-state index in [0.29, 0.717) is 17.7 Å². The van der Waals surface area contributed by atoms with E-state index in [-0.39, 0.29) is 31.7 Å². The average Bonchev–Trinajstić information content (AvgIpc) is 2.77. The SMILES string of the molecule is CN(C(=O)NC(CCC(=O)O)C(=O)O)C(Cc1ccc(NC(=O)CCCN=[N+]=[N-])cc1)C(=O)O. The van der Waals surface area contributed by atoms with Gasteiger partial charge in [-0.15, -0.1) is 0 Å². The summed E-state index contributed by atoms with van der Waals surface area (Å²) in [7, 11) is 1.19. The maximum atomic E-state index is 12.4. The van der Waals surface area contributed by atoms with Gasteiger partial charge in [-0.1, -0.05) is 17.2 Å².